The van der Waals surface area contributed by atoms with Crippen molar-refractivity contribution in [1.29, 1.82) is 0 Å². The number of halogens is 2. The summed E-state index contributed by atoms with van der Waals surface area (Å²) in [6.07, 6.45) is 0.917. The summed E-state index contributed by atoms with van der Waals surface area (Å²) < 4.78 is 6.87. The Morgan fingerprint density at radius 2 is 1.79 bits per heavy atom. The van der Waals surface area contributed by atoms with E-state index in [-0.39, 0.29) is 6.61 Å². The van der Waals surface area contributed by atoms with Crippen molar-refractivity contribution in [3.8, 4) is 5.75 Å². The molecular weight excluding hydrogens is 440 g/mol. The molecule has 0 saturated carbocycles. The molecule has 2 amide bonds. The van der Waals surface area contributed by atoms with E-state index in [4.69, 9.17) is 4.74 Å². The highest BCUT2D eigenvalue weighted by molar-refractivity contribution is 9.10. The van der Waals surface area contributed by atoms with Crippen LogP contribution in [0.5, 0.6) is 5.75 Å². The molecule has 7 heteroatoms. The van der Waals surface area contributed by atoms with Crippen molar-refractivity contribution in [3.05, 3.63) is 62.5 Å². The molecule has 126 valence electrons. The summed E-state index contributed by atoms with van der Waals surface area (Å²) in [5.41, 5.74) is 6.26. The second-order valence-electron chi connectivity index (χ2n) is 4.89. The predicted octanol–water partition coefficient (Wildman–Crippen LogP) is 3.61. The van der Waals surface area contributed by atoms with E-state index in [1.807, 2.05) is 12.1 Å². The molecule has 0 aliphatic heterocycles. The second kappa shape index (κ2) is 8.84. The summed E-state index contributed by atoms with van der Waals surface area (Å²) in [6, 6.07) is 12.6. The average Bonchev–Trinajstić information content (AvgIpc) is 2.58. The zero-order valence-electron chi connectivity index (χ0n) is 12.9. The van der Waals surface area contributed by atoms with E-state index < -0.39 is 11.8 Å². The van der Waals surface area contributed by atoms with Crippen molar-refractivity contribution >= 4 is 43.7 Å². The Morgan fingerprint density at radius 1 is 1.04 bits per heavy atom. The summed E-state index contributed by atoms with van der Waals surface area (Å²) in [5, 5.41) is 0. The summed E-state index contributed by atoms with van der Waals surface area (Å²) in [4.78, 5) is 23.8. The Kier molecular flexibility index (Phi) is 6.81. The van der Waals surface area contributed by atoms with E-state index in [1.54, 1.807) is 30.3 Å². The lowest BCUT2D eigenvalue weighted by molar-refractivity contribution is -0.123. The highest BCUT2D eigenvalue weighted by Crippen LogP contribution is 2.26. The molecule has 0 unspecified atom stereocenters. The molecule has 24 heavy (non-hydrogen) atoms. The fraction of sp³-hybridized carbons (Fsp3) is 0.176. The lowest BCUT2D eigenvalue weighted by Gasteiger charge is -2.11. The van der Waals surface area contributed by atoms with Gasteiger partial charge in [-0.25, -0.2) is 0 Å². The number of amides is 2. The molecule has 5 nitrogen and oxygen atoms in total. The minimum atomic E-state index is -0.457. The fourth-order valence-corrected chi connectivity index (χ4v) is 2.91. The van der Waals surface area contributed by atoms with E-state index >= 15 is 0 Å². The summed E-state index contributed by atoms with van der Waals surface area (Å²) in [6.45, 7) is 1.85. The van der Waals surface area contributed by atoms with Crippen LogP contribution in [0.3, 0.4) is 0 Å². The first-order valence-corrected chi connectivity index (χ1v) is 8.84. The first-order chi connectivity index (χ1) is 11.5. The fourth-order valence-electron chi connectivity index (χ4n) is 1.90. The molecule has 0 aliphatic rings. The lowest BCUT2D eigenvalue weighted by atomic mass is 10.2. The largest absolute Gasteiger partial charge is 0.483 e. The first-order valence-electron chi connectivity index (χ1n) is 7.26. The Bertz CT molecular complexity index is 750. The smallest absolute Gasteiger partial charge is 0.276 e. The van der Waals surface area contributed by atoms with Gasteiger partial charge in [0.15, 0.2) is 6.61 Å². The number of ether oxygens (including phenoxy) is 1. The van der Waals surface area contributed by atoms with Crippen molar-refractivity contribution < 1.29 is 14.3 Å². The van der Waals surface area contributed by atoms with Gasteiger partial charge in [0.25, 0.3) is 11.8 Å². The zero-order chi connectivity index (χ0) is 17.5. The van der Waals surface area contributed by atoms with Crippen LogP contribution in [-0.2, 0) is 11.2 Å². The number of hydrogen-bond acceptors (Lipinski definition) is 3. The molecule has 0 spiro atoms. The number of nitrogens with one attached hydrogen (secondary N) is 2. The van der Waals surface area contributed by atoms with Crippen LogP contribution in [0.1, 0.15) is 22.8 Å². The number of rotatable bonds is 5. The quantitative estimate of drug-likeness (QED) is 0.676. The van der Waals surface area contributed by atoms with Crippen LogP contribution in [0, 0.1) is 0 Å². The normalized spacial score (nSPS) is 10.1. The third-order valence-corrected chi connectivity index (χ3v) is 4.51. The van der Waals surface area contributed by atoms with Gasteiger partial charge in [-0.3, -0.25) is 20.4 Å². The van der Waals surface area contributed by atoms with Crippen molar-refractivity contribution in [2.45, 2.75) is 13.3 Å². The van der Waals surface area contributed by atoms with Crippen LogP contribution in [0.15, 0.2) is 51.4 Å². The molecule has 2 aromatic carbocycles. The van der Waals surface area contributed by atoms with Gasteiger partial charge >= 0.3 is 0 Å². The molecular formula is C17H16Br2N2O3. The molecule has 2 N–H and O–H groups in total. The van der Waals surface area contributed by atoms with E-state index in [9.17, 15) is 9.59 Å². The molecule has 0 radical (unpaired) electrons. The van der Waals surface area contributed by atoms with Crippen LogP contribution in [0.2, 0.25) is 0 Å². The van der Waals surface area contributed by atoms with Gasteiger partial charge in [-0.05, 0) is 68.1 Å². The van der Waals surface area contributed by atoms with Gasteiger partial charge in [0.2, 0.25) is 0 Å². The van der Waals surface area contributed by atoms with Crippen LogP contribution < -0.4 is 15.6 Å². The molecule has 0 atom stereocenters. The maximum atomic E-state index is 12.0. The maximum absolute atomic E-state index is 12.0. The van der Waals surface area contributed by atoms with Gasteiger partial charge in [-0.15, -0.1) is 0 Å². The number of carbonyl (C=O) groups excluding carboxylic acids is 2. The summed E-state index contributed by atoms with van der Waals surface area (Å²) in [5.74, 6) is -0.300. The highest BCUT2D eigenvalue weighted by atomic mass is 79.9. The molecule has 0 aliphatic carbocycles. The Balaban J connectivity index is 1.84. The van der Waals surface area contributed by atoms with Crippen molar-refractivity contribution in [1.82, 2.24) is 10.9 Å². The minimum absolute atomic E-state index is 0.208. The van der Waals surface area contributed by atoms with Crippen molar-refractivity contribution in [3.63, 3.8) is 0 Å². The number of hydrogen-bond donors (Lipinski definition) is 2. The maximum Gasteiger partial charge on any atom is 0.276 e. The molecule has 0 saturated heterocycles. The molecule has 2 rings (SSSR count). The van der Waals surface area contributed by atoms with Gasteiger partial charge in [-0.2, -0.15) is 0 Å². The Morgan fingerprint density at radius 3 is 2.46 bits per heavy atom. The summed E-state index contributed by atoms with van der Waals surface area (Å²) >= 11 is 6.69. The number of aryl methyl sites for hydroxylation is 1. The van der Waals surface area contributed by atoms with Gasteiger partial charge in [0.1, 0.15) is 5.75 Å². The van der Waals surface area contributed by atoms with Gasteiger partial charge in [0, 0.05) is 4.47 Å². The molecule has 2 aromatic rings. The molecule has 0 heterocycles. The Hall–Kier alpha value is -1.86. The lowest BCUT2D eigenvalue weighted by Crippen LogP contribution is -2.43. The molecule has 0 aromatic heterocycles. The molecule has 0 fully saturated rings. The monoisotopic (exact) mass is 454 g/mol. The van der Waals surface area contributed by atoms with E-state index in [2.05, 4.69) is 49.6 Å². The van der Waals surface area contributed by atoms with Gasteiger partial charge in [0.05, 0.1) is 10.0 Å². The van der Waals surface area contributed by atoms with E-state index in [0.29, 0.717) is 15.8 Å². The van der Waals surface area contributed by atoms with Crippen LogP contribution in [-0.4, -0.2) is 18.4 Å². The van der Waals surface area contributed by atoms with Gasteiger partial charge in [-0.1, -0.05) is 25.1 Å². The van der Waals surface area contributed by atoms with Crippen molar-refractivity contribution in [2.24, 2.45) is 0 Å². The Labute approximate surface area is 157 Å². The second-order valence-corrected chi connectivity index (χ2v) is 6.60. The minimum Gasteiger partial charge on any atom is -0.483 e. The number of hydrazine groups is 1. The van der Waals surface area contributed by atoms with Crippen LogP contribution >= 0.6 is 31.9 Å². The summed E-state index contributed by atoms with van der Waals surface area (Å²) in [7, 11) is 0. The van der Waals surface area contributed by atoms with E-state index in [0.717, 1.165) is 10.9 Å². The SMILES string of the molecule is CCc1ccc(OCC(=O)NNC(=O)c2ccccc2Br)c(Br)c1. The third kappa shape index (κ3) is 5.07. The van der Waals surface area contributed by atoms with Crippen LogP contribution in [0.25, 0.3) is 0 Å². The average molecular weight is 456 g/mol. The first kappa shape index (κ1) is 18.5. The van der Waals surface area contributed by atoms with Crippen molar-refractivity contribution in [2.75, 3.05) is 6.61 Å². The third-order valence-electron chi connectivity index (χ3n) is 3.20. The topological polar surface area (TPSA) is 67.4 Å². The zero-order valence-corrected chi connectivity index (χ0v) is 16.1. The van der Waals surface area contributed by atoms with Crippen LogP contribution in [0.4, 0.5) is 0 Å². The predicted molar refractivity (Wildman–Crippen MR) is 98.8 cm³/mol. The standard InChI is InChI=1S/C17H16Br2N2O3/c1-2-11-7-8-15(14(19)9-11)24-10-16(22)20-21-17(23)12-5-3-4-6-13(12)18/h3-9H,2,10H2,1H3,(H,20,22)(H,21,23). The van der Waals surface area contributed by atoms with E-state index in [1.165, 1.54) is 5.56 Å². The number of carbonyl (C=O) groups is 2. The van der Waals surface area contributed by atoms with Gasteiger partial charge < -0.3 is 4.74 Å². The highest BCUT2D eigenvalue weighted by Gasteiger charge is 2.11. The number of benzene rings is 2. The molecule has 0 bridgehead atoms.